The molecule has 1 N–H and O–H groups in total. The maximum absolute atomic E-state index is 12.6. The predicted molar refractivity (Wildman–Crippen MR) is 88.5 cm³/mol. The van der Waals surface area contributed by atoms with Crippen LogP contribution in [0.25, 0.3) is 0 Å². The first-order chi connectivity index (χ1) is 11.3. The Kier molecular flexibility index (Phi) is 4.25. The topological polar surface area (TPSA) is 65.4 Å². The summed E-state index contributed by atoms with van der Waals surface area (Å²) in [6, 6.07) is 17.2. The van der Waals surface area contributed by atoms with E-state index in [1.165, 1.54) is 12.0 Å². The summed E-state index contributed by atoms with van der Waals surface area (Å²) in [7, 11) is 1.52. The molecule has 0 radical (unpaired) electrons. The number of amides is 1. The Morgan fingerprint density at radius 2 is 1.74 bits per heavy atom. The highest BCUT2D eigenvalue weighted by Gasteiger charge is 2.31. The van der Waals surface area contributed by atoms with Crippen LogP contribution >= 0.6 is 0 Å². The Morgan fingerprint density at radius 3 is 2.39 bits per heavy atom. The molecule has 0 saturated carbocycles. The number of ether oxygens (including phenoxy) is 1. The number of oxime groups is 1. The zero-order valence-electron chi connectivity index (χ0n) is 12.7. The summed E-state index contributed by atoms with van der Waals surface area (Å²) in [6.07, 6.45) is 0. The maximum atomic E-state index is 12.6. The molecule has 0 spiro atoms. The molecule has 2 aromatic carbocycles. The minimum absolute atomic E-state index is 0.0575. The lowest BCUT2D eigenvalue weighted by atomic mass is 10.2. The lowest BCUT2D eigenvalue weighted by Crippen LogP contribution is -2.39. The number of rotatable bonds is 3. The molecule has 6 nitrogen and oxygen atoms in total. The number of nitrogens with zero attached hydrogens (tertiary/aromatic N) is 3. The van der Waals surface area contributed by atoms with Gasteiger partial charge in [0.15, 0.2) is 5.71 Å². The van der Waals surface area contributed by atoms with Gasteiger partial charge in [0, 0.05) is 12.8 Å². The van der Waals surface area contributed by atoms with Crippen molar-refractivity contribution in [2.75, 3.05) is 30.2 Å². The summed E-state index contributed by atoms with van der Waals surface area (Å²) in [5, 5.41) is 12.5. The standard InChI is InChI=1S/C17H17N3O3/c1-23-12-20-16-10-6-5-9-15(16)19(11-14(18-22)17(20)21)13-7-3-2-4-8-13/h2-10,22H,11-12H2,1H3/b18-14+. The molecule has 6 heteroatoms. The van der Waals surface area contributed by atoms with Crippen LogP contribution in [-0.4, -0.2) is 37.2 Å². The SMILES string of the molecule is COCN1C(=O)/C(=N/O)CN(c2ccccc2)c2ccccc21. The van der Waals surface area contributed by atoms with E-state index in [0.29, 0.717) is 5.69 Å². The largest absolute Gasteiger partial charge is 0.410 e. The number of fused-ring (bicyclic) bond motifs is 1. The lowest BCUT2D eigenvalue weighted by Gasteiger charge is -2.25. The Labute approximate surface area is 134 Å². The zero-order valence-corrected chi connectivity index (χ0v) is 12.7. The Hall–Kier alpha value is -2.86. The normalized spacial score (nSPS) is 16.4. The van der Waals surface area contributed by atoms with Crippen molar-refractivity contribution in [2.45, 2.75) is 0 Å². The fourth-order valence-electron chi connectivity index (χ4n) is 2.66. The van der Waals surface area contributed by atoms with E-state index in [-0.39, 0.29) is 24.9 Å². The van der Waals surface area contributed by atoms with Crippen LogP contribution in [-0.2, 0) is 9.53 Å². The van der Waals surface area contributed by atoms with Crippen molar-refractivity contribution < 1.29 is 14.7 Å². The van der Waals surface area contributed by atoms with Gasteiger partial charge >= 0.3 is 0 Å². The second kappa shape index (κ2) is 6.50. The monoisotopic (exact) mass is 311 g/mol. The smallest absolute Gasteiger partial charge is 0.279 e. The fourth-order valence-corrected chi connectivity index (χ4v) is 2.66. The second-order valence-electron chi connectivity index (χ2n) is 5.11. The van der Waals surface area contributed by atoms with E-state index in [9.17, 15) is 10.0 Å². The molecule has 1 aliphatic heterocycles. The Morgan fingerprint density at radius 1 is 1.09 bits per heavy atom. The molecule has 0 atom stereocenters. The first kappa shape index (κ1) is 15.1. The molecule has 0 bridgehead atoms. The average Bonchev–Trinajstić information content (AvgIpc) is 2.72. The van der Waals surface area contributed by atoms with Gasteiger partial charge in [0.2, 0.25) is 0 Å². The molecule has 1 amide bonds. The molecule has 118 valence electrons. The summed E-state index contributed by atoms with van der Waals surface area (Å²) in [6.45, 7) is 0.258. The first-order valence-electron chi connectivity index (χ1n) is 7.19. The van der Waals surface area contributed by atoms with E-state index in [4.69, 9.17) is 4.74 Å². The highest BCUT2D eigenvalue weighted by atomic mass is 16.5. The van der Waals surface area contributed by atoms with Gasteiger partial charge in [-0.25, -0.2) is 0 Å². The highest BCUT2D eigenvalue weighted by Crippen LogP contribution is 2.36. The average molecular weight is 311 g/mol. The number of carbonyl (C=O) groups excluding carboxylic acids is 1. The van der Waals surface area contributed by atoms with Crippen LogP contribution in [0, 0.1) is 0 Å². The van der Waals surface area contributed by atoms with Gasteiger partial charge in [-0.3, -0.25) is 9.69 Å². The van der Waals surface area contributed by atoms with Crippen molar-refractivity contribution in [3.8, 4) is 0 Å². The van der Waals surface area contributed by atoms with E-state index in [2.05, 4.69) is 5.16 Å². The number of para-hydroxylation sites is 3. The van der Waals surface area contributed by atoms with E-state index in [1.807, 2.05) is 59.5 Å². The lowest BCUT2D eigenvalue weighted by molar-refractivity contribution is -0.113. The summed E-state index contributed by atoms with van der Waals surface area (Å²) >= 11 is 0. The second-order valence-corrected chi connectivity index (χ2v) is 5.11. The van der Waals surface area contributed by atoms with E-state index in [1.54, 1.807) is 0 Å². The van der Waals surface area contributed by atoms with Crippen LogP contribution in [0.5, 0.6) is 0 Å². The summed E-state index contributed by atoms with van der Waals surface area (Å²) in [5.41, 5.74) is 2.53. The highest BCUT2D eigenvalue weighted by molar-refractivity contribution is 6.45. The van der Waals surface area contributed by atoms with Crippen LogP contribution in [0.1, 0.15) is 0 Å². The van der Waals surface area contributed by atoms with Gasteiger partial charge in [0.25, 0.3) is 5.91 Å². The molecular weight excluding hydrogens is 294 g/mol. The number of carbonyl (C=O) groups is 1. The van der Waals surface area contributed by atoms with Gasteiger partial charge in [-0.1, -0.05) is 35.5 Å². The minimum atomic E-state index is -0.375. The van der Waals surface area contributed by atoms with E-state index in [0.717, 1.165) is 11.4 Å². The van der Waals surface area contributed by atoms with Gasteiger partial charge in [0.05, 0.1) is 17.9 Å². The third kappa shape index (κ3) is 2.76. The molecule has 0 fully saturated rings. The molecule has 1 aliphatic rings. The van der Waals surface area contributed by atoms with Gasteiger partial charge < -0.3 is 14.8 Å². The van der Waals surface area contributed by atoms with Crippen molar-refractivity contribution >= 4 is 28.7 Å². The maximum Gasteiger partial charge on any atom is 0.279 e. The molecule has 0 aliphatic carbocycles. The Balaban J connectivity index is 2.17. The van der Waals surface area contributed by atoms with Crippen LogP contribution < -0.4 is 9.80 Å². The van der Waals surface area contributed by atoms with Gasteiger partial charge in [-0.2, -0.15) is 0 Å². The molecule has 0 unspecified atom stereocenters. The Bertz CT molecular complexity index is 731. The van der Waals surface area contributed by atoms with Crippen molar-refractivity contribution in [3.05, 3.63) is 54.6 Å². The summed E-state index contributed by atoms with van der Waals surface area (Å²) in [5.74, 6) is -0.375. The molecule has 0 aromatic heterocycles. The van der Waals surface area contributed by atoms with Gasteiger partial charge in [0.1, 0.15) is 6.73 Å². The molecule has 2 aromatic rings. The molecule has 23 heavy (non-hydrogen) atoms. The number of methoxy groups -OCH3 is 1. The van der Waals surface area contributed by atoms with Crippen LogP contribution in [0.3, 0.4) is 0 Å². The first-order valence-corrected chi connectivity index (χ1v) is 7.19. The van der Waals surface area contributed by atoms with Crippen LogP contribution in [0.15, 0.2) is 59.8 Å². The third-order valence-electron chi connectivity index (χ3n) is 3.71. The minimum Gasteiger partial charge on any atom is -0.410 e. The summed E-state index contributed by atoms with van der Waals surface area (Å²) in [4.78, 5) is 16.0. The predicted octanol–water partition coefficient (Wildman–Crippen LogP) is 2.61. The van der Waals surface area contributed by atoms with E-state index < -0.39 is 0 Å². The van der Waals surface area contributed by atoms with Gasteiger partial charge in [-0.15, -0.1) is 0 Å². The van der Waals surface area contributed by atoms with Crippen molar-refractivity contribution in [3.63, 3.8) is 0 Å². The molecule has 3 rings (SSSR count). The number of hydrogen-bond acceptors (Lipinski definition) is 5. The van der Waals surface area contributed by atoms with Gasteiger partial charge in [-0.05, 0) is 24.3 Å². The number of benzene rings is 2. The van der Waals surface area contributed by atoms with E-state index >= 15 is 0 Å². The fraction of sp³-hybridized carbons (Fsp3) is 0.176. The number of anilines is 3. The quantitative estimate of drug-likeness (QED) is 0.699. The zero-order chi connectivity index (χ0) is 16.2. The third-order valence-corrected chi connectivity index (χ3v) is 3.71. The van der Waals surface area contributed by atoms with Crippen LogP contribution in [0.2, 0.25) is 0 Å². The van der Waals surface area contributed by atoms with Crippen LogP contribution in [0.4, 0.5) is 17.1 Å². The van der Waals surface area contributed by atoms with Crippen molar-refractivity contribution in [1.82, 2.24) is 0 Å². The molecular formula is C17H17N3O3. The summed E-state index contributed by atoms with van der Waals surface area (Å²) < 4.78 is 5.15. The molecule has 0 saturated heterocycles. The van der Waals surface area contributed by atoms with Crippen molar-refractivity contribution in [1.29, 1.82) is 0 Å². The number of hydrogen-bond donors (Lipinski definition) is 1. The van der Waals surface area contributed by atoms with Crippen molar-refractivity contribution in [2.24, 2.45) is 5.16 Å². The molecule has 1 heterocycles.